The van der Waals surface area contributed by atoms with Crippen molar-refractivity contribution in [2.75, 3.05) is 13.7 Å². The fourth-order valence-corrected chi connectivity index (χ4v) is 2.46. The molecular formula is C17H19ClFNO. The van der Waals surface area contributed by atoms with E-state index >= 15 is 0 Å². The summed E-state index contributed by atoms with van der Waals surface area (Å²) in [6.45, 7) is 3.88. The lowest BCUT2D eigenvalue weighted by molar-refractivity contribution is 0.386. The molecule has 0 aliphatic rings. The maximum Gasteiger partial charge on any atom is 0.165 e. The highest BCUT2D eigenvalue weighted by Crippen LogP contribution is 2.31. The van der Waals surface area contributed by atoms with Gasteiger partial charge in [0.05, 0.1) is 7.11 Å². The molecule has 1 N–H and O–H groups in total. The van der Waals surface area contributed by atoms with Gasteiger partial charge in [-0.05, 0) is 42.3 Å². The van der Waals surface area contributed by atoms with Gasteiger partial charge in [0.2, 0.25) is 0 Å². The van der Waals surface area contributed by atoms with Gasteiger partial charge in [-0.2, -0.15) is 0 Å². The van der Waals surface area contributed by atoms with Crippen molar-refractivity contribution < 1.29 is 9.13 Å². The maximum atomic E-state index is 13.8. The Hall–Kier alpha value is -1.58. The second-order valence-electron chi connectivity index (χ2n) is 4.84. The first kappa shape index (κ1) is 15.8. The molecule has 0 aliphatic carbocycles. The highest BCUT2D eigenvalue weighted by atomic mass is 35.5. The van der Waals surface area contributed by atoms with E-state index < -0.39 is 0 Å². The van der Waals surface area contributed by atoms with E-state index in [2.05, 4.69) is 12.2 Å². The third-order valence-electron chi connectivity index (χ3n) is 3.25. The molecule has 0 aromatic heterocycles. The zero-order valence-electron chi connectivity index (χ0n) is 12.2. The number of benzene rings is 2. The van der Waals surface area contributed by atoms with Gasteiger partial charge in [-0.15, -0.1) is 0 Å². The molecule has 2 aromatic carbocycles. The topological polar surface area (TPSA) is 21.3 Å². The third-order valence-corrected chi connectivity index (χ3v) is 3.56. The van der Waals surface area contributed by atoms with E-state index in [1.165, 1.54) is 13.2 Å². The summed E-state index contributed by atoms with van der Waals surface area (Å²) in [5.74, 6) is -0.157. The predicted molar refractivity (Wildman–Crippen MR) is 85.4 cm³/mol. The van der Waals surface area contributed by atoms with E-state index in [0.29, 0.717) is 5.02 Å². The van der Waals surface area contributed by atoms with Crippen LogP contribution in [0.3, 0.4) is 0 Å². The zero-order valence-corrected chi connectivity index (χ0v) is 13.0. The van der Waals surface area contributed by atoms with Crippen LogP contribution in [-0.4, -0.2) is 13.7 Å². The predicted octanol–water partition coefficient (Wildman–Crippen LogP) is 4.65. The summed E-state index contributed by atoms with van der Waals surface area (Å²) < 4.78 is 18.7. The summed E-state index contributed by atoms with van der Waals surface area (Å²) in [4.78, 5) is 0. The van der Waals surface area contributed by atoms with E-state index in [-0.39, 0.29) is 11.6 Å². The second kappa shape index (κ2) is 7.43. The lowest BCUT2D eigenvalue weighted by atomic mass is 10.0. The molecule has 4 heteroatoms. The van der Waals surface area contributed by atoms with Gasteiger partial charge in [0.1, 0.15) is 0 Å². The van der Waals surface area contributed by atoms with Crippen LogP contribution < -0.4 is 10.1 Å². The summed E-state index contributed by atoms with van der Waals surface area (Å²) in [5.41, 5.74) is 2.68. The fraction of sp³-hybridized carbons (Fsp3) is 0.294. The summed E-state index contributed by atoms with van der Waals surface area (Å²) in [6.07, 6.45) is 1.09. The lowest BCUT2D eigenvalue weighted by Gasteiger charge is -2.10. The van der Waals surface area contributed by atoms with Gasteiger partial charge in [0.15, 0.2) is 11.6 Å². The molecule has 0 saturated heterocycles. The minimum atomic E-state index is -0.389. The van der Waals surface area contributed by atoms with Crippen molar-refractivity contribution in [3.8, 4) is 16.9 Å². The minimum Gasteiger partial charge on any atom is -0.494 e. The SMILES string of the molecule is CCCNCc1ccc(-c2ccc(OC)c(F)c2)c(Cl)c1. The second-order valence-corrected chi connectivity index (χ2v) is 5.25. The van der Waals surface area contributed by atoms with Gasteiger partial charge >= 0.3 is 0 Å². The quantitative estimate of drug-likeness (QED) is 0.784. The van der Waals surface area contributed by atoms with Gasteiger partial charge in [-0.25, -0.2) is 4.39 Å². The first-order valence-electron chi connectivity index (χ1n) is 6.98. The van der Waals surface area contributed by atoms with E-state index in [0.717, 1.165) is 36.2 Å². The Morgan fingerprint density at radius 3 is 2.62 bits per heavy atom. The van der Waals surface area contributed by atoms with Gasteiger partial charge in [0, 0.05) is 17.1 Å². The average molecular weight is 308 g/mol. The van der Waals surface area contributed by atoms with Gasteiger partial charge in [-0.1, -0.05) is 36.7 Å². The minimum absolute atomic E-state index is 0.232. The number of halogens is 2. The summed E-state index contributed by atoms with van der Waals surface area (Å²) in [7, 11) is 1.45. The molecule has 0 aliphatic heterocycles. The molecule has 21 heavy (non-hydrogen) atoms. The molecular weight excluding hydrogens is 289 g/mol. The third kappa shape index (κ3) is 3.96. The molecule has 0 atom stereocenters. The molecule has 0 heterocycles. The maximum absolute atomic E-state index is 13.8. The Morgan fingerprint density at radius 2 is 2.00 bits per heavy atom. The molecule has 0 saturated carbocycles. The number of rotatable bonds is 6. The standard InChI is InChI=1S/C17H19ClFNO/c1-3-8-20-11-12-4-6-14(15(18)9-12)13-5-7-17(21-2)16(19)10-13/h4-7,9-10,20H,3,8,11H2,1-2H3. The summed E-state index contributed by atoms with van der Waals surface area (Å²) in [5, 5.41) is 3.95. The highest BCUT2D eigenvalue weighted by Gasteiger charge is 2.08. The van der Waals surface area contributed by atoms with Crippen LogP contribution >= 0.6 is 11.6 Å². The van der Waals surface area contributed by atoms with Crippen LogP contribution in [0.25, 0.3) is 11.1 Å². The molecule has 0 radical (unpaired) electrons. The largest absolute Gasteiger partial charge is 0.494 e. The number of hydrogen-bond donors (Lipinski definition) is 1. The fourth-order valence-electron chi connectivity index (χ4n) is 2.15. The van der Waals surface area contributed by atoms with Crippen LogP contribution in [0.4, 0.5) is 4.39 Å². The molecule has 112 valence electrons. The Kier molecular flexibility index (Phi) is 5.59. The molecule has 2 aromatic rings. The number of nitrogens with one attached hydrogen (secondary N) is 1. The summed E-state index contributed by atoms with van der Waals surface area (Å²) in [6, 6.07) is 10.7. The summed E-state index contributed by atoms with van der Waals surface area (Å²) >= 11 is 6.32. The van der Waals surface area contributed by atoms with Crippen LogP contribution in [0.2, 0.25) is 5.02 Å². The van der Waals surface area contributed by atoms with E-state index in [1.54, 1.807) is 12.1 Å². The first-order valence-corrected chi connectivity index (χ1v) is 7.36. The normalized spacial score (nSPS) is 10.7. The smallest absolute Gasteiger partial charge is 0.165 e. The average Bonchev–Trinajstić information content (AvgIpc) is 2.47. The number of methoxy groups -OCH3 is 1. The van der Waals surface area contributed by atoms with Crippen LogP contribution in [-0.2, 0) is 6.54 Å². The van der Waals surface area contributed by atoms with Crippen molar-refractivity contribution in [1.82, 2.24) is 5.32 Å². The van der Waals surface area contributed by atoms with Crippen molar-refractivity contribution in [2.45, 2.75) is 19.9 Å². The van der Waals surface area contributed by atoms with E-state index in [9.17, 15) is 4.39 Å². The van der Waals surface area contributed by atoms with Crippen LogP contribution in [0.15, 0.2) is 36.4 Å². The van der Waals surface area contributed by atoms with Gasteiger partial charge < -0.3 is 10.1 Å². The Bertz CT molecular complexity index is 616. The molecule has 0 fully saturated rings. The molecule has 0 bridgehead atoms. The number of ether oxygens (including phenoxy) is 1. The monoisotopic (exact) mass is 307 g/mol. The van der Waals surface area contributed by atoms with Crippen LogP contribution in [0, 0.1) is 5.82 Å². The van der Waals surface area contributed by atoms with Gasteiger partial charge in [0.25, 0.3) is 0 Å². The van der Waals surface area contributed by atoms with Crippen molar-refractivity contribution in [1.29, 1.82) is 0 Å². The Balaban J connectivity index is 2.22. The molecule has 2 nitrogen and oxygen atoms in total. The Labute approximate surface area is 129 Å². The zero-order chi connectivity index (χ0) is 15.2. The van der Waals surface area contributed by atoms with Crippen molar-refractivity contribution in [2.24, 2.45) is 0 Å². The Morgan fingerprint density at radius 1 is 1.19 bits per heavy atom. The van der Waals surface area contributed by atoms with Crippen molar-refractivity contribution in [3.05, 3.63) is 52.8 Å². The first-order chi connectivity index (χ1) is 10.2. The molecule has 0 spiro atoms. The van der Waals surface area contributed by atoms with Crippen LogP contribution in [0.5, 0.6) is 5.75 Å². The van der Waals surface area contributed by atoms with Crippen molar-refractivity contribution >= 4 is 11.6 Å². The van der Waals surface area contributed by atoms with Crippen molar-refractivity contribution in [3.63, 3.8) is 0 Å². The number of hydrogen-bond acceptors (Lipinski definition) is 2. The molecule has 0 unspecified atom stereocenters. The lowest BCUT2D eigenvalue weighted by Crippen LogP contribution is -2.13. The van der Waals surface area contributed by atoms with E-state index in [1.807, 2.05) is 18.2 Å². The van der Waals surface area contributed by atoms with E-state index in [4.69, 9.17) is 16.3 Å². The van der Waals surface area contributed by atoms with Crippen LogP contribution in [0.1, 0.15) is 18.9 Å². The highest BCUT2D eigenvalue weighted by molar-refractivity contribution is 6.33. The van der Waals surface area contributed by atoms with Gasteiger partial charge in [-0.3, -0.25) is 0 Å². The molecule has 0 amide bonds. The molecule has 2 rings (SSSR count).